The molecule has 2 N–H and O–H groups in total. The topological polar surface area (TPSA) is 92.6 Å². The maximum atomic E-state index is 11.7. The first-order valence-electron chi connectivity index (χ1n) is 7.51. The van der Waals surface area contributed by atoms with Crippen LogP contribution in [0.3, 0.4) is 0 Å². The minimum atomic E-state index is -1.02. The molecule has 0 aliphatic heterocycles. The molecule has 0 aliphatic carbocycles. The van der Waals surface area contributed by atoms with Crippen LogP contribution in [0.1, 0.15) is 33.3 Å². The Labute approximate surface area is 142 Å². The van der Waals surface area contributed by atoms with E-state index < -0.39 is 17.2 Å². The van der Waals surface area contributed by atoms with Gasteiger partial charge in [-0.15, -0.1) is 0 Å². The van der Waals surface area contributed by atoms with Gasteiger partial charge in [0.25, 0.3) is 0 Å². The van der Waals surface area contributed by atoms with Crippen LogP contribution in [0, 0.1) is 11.3 Å². The highest BCUT2D eigenvalue weighted by atomic mass is 16.6. The number of carbonyl (C=O) groups is 1. The number of ether oxygens (including phenoxy) is 3. The largest absolute Gasteiger partial charge is 0.493 e. The zero-order valence-electron chi connectivity index (χ0n) is 15.0. The van der Waals surface area contributed by atoms with E-state index in [0.717, 1.165) is 5.56 Å². The smallest absolute Gasteiger partial charge is 0.422 e. The third-order valence-electron chi connectivity index (χ3n) is 3.09. The number of nitrogens with one attached hydrogen (secondary N) is 2. The molecular formula is C17H25N3O4. The lowest BCUT2D eigenvalue weighted by Gasteiger charge is -2.26. The van der Waals surface area contributed by atoms with Gasteiger partial charge in [0.1, 0.15) is 11.1 Å². The summed E-state index contributed by atoms with van der Waals surface area (Å²) in [5.74, 6) is 1.19. The molecule has 7 heteroatoms. The van der Waals surface area contributed by atoms with Gasteiger partial charge in [-0.1, -0.05) is 6.07 Å². The fraction of sp³-hybridized carbons (Fsp3) is 0.529. The third-order valence-corrected chi connectivity index (χ3v) is 3.09. The highest BCUT2D eigenvalue weighted by Gasteiger charge is 2.26. The maximum Gasteiger partial charge on any atom is 0.422 e. The fourth-order valence-corrected chi connectivity index (χ4v) is 2.00. The van der Waals surface area contributed by atoms with E-state index in [1.165, 1.54) is 0 Å². The van der Waals surface area contributed by atoms with Crippen LogP contribution < -0.4 is 20.3 Å². The number of hydrogen-bond donors (Lipinski definition) is 2. The standard InChI is InChI=1S/C17H25N3O4/c1-16(2,3)24-15(21)19-20-17(4,11-18)10-12-7-8-13(22-5)14(9-12)23-6/h7-9,20H,10H2,1-6H3,(H,19,21)/t17-/m1/s1. The normalized spacial score (nSPS) is 13.4. The molecule has 0 saturated heterocycles. The zero-order chi connectivity index (χ0) is 18.4. The van der Waals surface area contributed by atoms with Crippen molar-refractivity contribution < 1.29 is 19.0 Å². The van der Waals surface area contributed by atoms with Crippen LogP contribution >= 0.6 is 0 Å². The van der Waals surface area contributed by atoms with Gasteiger partial charge in [0.05, 0.1) is 20.3 Å². The maximum absolute atomic E-state index is 11.7. The minimum Gasteiger partial charge on any atom is -0.493 e. The molecule has 0 bridgehead atoms. The lowest BCUT2D eigenvalue weighted by atomic mass is 9.95. The second-order valence-corrected chi connectivity index (χ2v) is 6.56. The molecule has 7 nitrogen and oxygen atoms in total. The number of amides is 1. The fourth-order valence-electron chi connectivity index (χ4n) is 2.00. The van der Waals surface area contributed by atoms with Crippen molar-refractivity contribution in [1.29, 1.82) is 5.26 Å². The Balaban J connectivity index is 2.78. The zero-order valence-corrected chi connectivity index (χ0v) is 15.0. The van der Waals surface area contributed by atoms with Gasteiger partial charge in [0.15, 0.2) is 11.5 Å². The molecular weight excluding hydrogens is 310 g/mol. The molecule has 1 amide bonds. The summed E-state index contributed by atoms with van der Waals surface area (Å²) in [5, 5.41) is 9.46. The summed E-state index contributed by atoms with van der Waals surface area (Å²) in [5.41, 5.74) is 4.36. The van der Waals surface area contributed by atoms with Crippen molar-refractivity contribution in [1.82, 2.24) is 10.9 Å². The molecule has 24 heavy (non-hydrogen) atoms. The second-order valence-electron chi connectivity index (χ2n) is 6.56. The van der Waals surface area contributed by atoms with E-state index >= 15 is 0 Å². The van der Waals surface area contributed by atoms with Crippen LogP contribution in [0.2, 0.25) is 0 Å². The summed E-state index contributed by atoms with van der Waals surface area (Å²) in [7, 11) is 3.11. The van der Waals surface area contributed by atoms with E-state index in [-0.39, 0.29) is 0 Å². The van der Waals surface area contributed by atoms with Gasteiger partial charge < -0.3 is 14.2 Å². The Morgan fingerprint density at radius 1 is 1.17 bits per heavy atom. The molecule has 0 heterocycles. The number of carbonyl (C=O) groups excluding carboxylic acids is 1. The first-order chi connectivity index (χ1) is 11.1. The molecule has 0 spiro atoms. The van der Waals surface area contributed by atoms with Crippen molar-refractivity contribution in [2.45, 2.75) is 45.3 Å². The van der Waals surface area contributed by atoms with Crippen molar-refractivity contribution >= 4 is 6.09 Å². The second kappa shape index (κ2) is 7.88. The third kappa shape index (κ3) is 5.97. The summed E-state index contributed by atoms with van der Waals surface area (Å²) in [4.78, 5) is 11.7. The van der Waals surface area contributed by atoms with Crippen LogP contribution in [-0.2, 0) is 11.2 Å². The first kappa shape index (κ1) is 19.6. The number of rotatable bonds is 6. The molecule has 0 unspecified atom stereocenters. The van der Waals surface area contributed by atoms with Crippen molar-refractivity contribution in [3.05, 3.63) is 23.8 Å². The summed E-state index contributed by atoms with van der Waals surface area (Å²) in [6.45, 7) is 6.97. The van der Waals surface area contributed by atoms with E-state index in [2.05, 4.69) is 16.9 Å². The van der Waals surface area contributed by atoms with Crippen LogP contribution in [0.15, 0.2) is 18.2 Å². The van der Waals surface area contributed by atoms with Gasteiger partial charge in [0, 0.05) is 6.42 Å². The van der Waals surface area contributed by atoms with E-state index in [0.29, 0.717) is 17.9 Å². The Kier molecular flexibility index (Phi) is 6.43. The highest BCUT2D eigenvalue weighted by Crippen LogP contribution is 2.28. The summed E-state index contributed by atoms with van der Waals surface area (Å²) >= 11 is 0. The Morgan fingerprint density at radius 2 is 1.79 bits per heavy atom. The summed E-state index contributed by atoms with van der Waals surface area (Å²) in [6.07, 6.45) is -0.295. The quantitative estimate of drug-likeness (QED) is 0.776. The van der Waals surface area contributed by atoms with Crippen LogP contribution in [-0.4, -0.2) is 31.5 Å². The number of benzene rings is 1. The summed E-state index contributed by atoms with van der Waals surface area (Å²) < 4.78 is 15.6. The van der Waals surface area contributed by atoms with E-state index in [1.54, 1.807) is 54.0 Å². The molecule has 0 aromatic heterocycles. The molecule has 0 fully saturated rings. The molecule has 0 radical (unpaired) electrons. The van der Waals surface area contributed by atoms with E-state index in [1.807, 2.05) is 6.07 Å². The van der Waals surface area contributed by atoms with Crippen molar-refractivity contribution in [3.8, 4) is 17.6 Å². The number of nitriles is 1. The predicted molar refractivity (Wildman–Crippen MR) is 89.8 cm³/mol. The number of hydrazine groups is 1. The molecule has 0 aliphatic rings. The Hall–Kier alpha value is -2.46. The molecule has 1 atom stereocenters. The van der Waals surface area contributed by atoms with Gasteiger partial charge in [-0.05, 0) is 45.4 Å². The Morgan fingerprint density at radius 3 is 2.29 bits per heavy atom. The molecule has 1 aromatic rings. The number of methoxy groups -OCH3 is 2. The molecule has 0 saturated carbocycles. The number of nitrogens with zero attached hydrogens (tertiary/aromatic N) is 1. The van der Waals surface area contributed by atoms with E-state index in [4.69, 9.17) is 14.2 Å². The van der Waals surface area contributed by atoms with Crippen molar-refractivity contribution in [3.63, 3.8) is 0 Å². The highest BCUT2D eigenvalue weighted by molar-refractivity contribution is 5.67. The Bertz CT molecular complexity index is 619. The van der Waals surface area contributed by atoms with Crippen molar-refractivity contribution in [2.24, 2.45) is 0 Å². The van der Waals surface area contributed by atoms with Gasteiger partial charge in [-0.2, -0.15) is 5.26 Å². The van der Waals surface area contributed by atoms with Crippen LogP contribution in [0.5, 0.6) is 11.5 Å². The van der Waals surface area contributed by atoms with Gasteiger partial charge in [0.2, 0.25) is 0 Å². The lowest BCUT2D eigenvalue weighted by molar-refractivity contribution is 0.0479. The van der Waals surface area contributed by atoms with Gasteiger partial charge in [-0.3, -0.25) is 5.43 Å². The summed E-state index contributed by atoms with van der Waals surface area (Å²) in [6, 6.07) is 7.56. The van der Waals surface area contributed by atoms with Crippen molar-refractivity contribution in [2.75, 3.05) is 14.2 Å². The minimum absolute atomic E-state index is 0.347. The SMILES string of the molecule is COc1ccc(C[C@](C)(C#N)NNC(=O)OC(C)(C)C)cc1OC. The van der Waals surface area contributed by atoms with Gasteiger partial charge in [-0.25, -0.2) is 10.2 Å². The predicted octanol–water partition coefficient (Wildman–Crippen LogP) is 2.56. The first-order valence-corrected chi connectivity index (χ1v) is 7.51. The van der Waals surface area contributed by atoms with Crippen LogP contribution in [0.4, 0.5) is 4.79 Å². The monoisotopic (exact) mass is 335 g/mol. The average molecular weight is 335 g/mol. The average Bonchev–Trinajstić information content (AvgIpc) is 2.51. The molecule has 1 aromatic carbocycles. The number of hydrogen-bond acceptors (Lipinski definition) is 6. The molecule has 1 rings (SSSR count). The van der Waals surface area contributed by atoms with Gasteiger partial charge >= 0.3 is 6.09 Å². The molecule has 132 valence electrons. The van der Waals surface area contributed by atoms with Crippen LogP contribution in [0.25, 0.3) is 0 Å². The van der Waals surface area contributed by atoms with E-state index in [9.17, 15) is 10.1 Å². The lowest BCUT2D eigenvalue weighted by Crippen LogP contribution is -2.53.